The van der Waals surface area contributed by atoms with E-state index in [1.54, 1.807) is 0 Å². The van der Waals surface area contributed by atoms with Crippen LogP contribution in [0.3, 0.4) is 0 Å². The molecule has 0 aliphatic carbocycles. The fourth-order valence-electron chi connectivity index (χ4n) is 6.89. The second-order valence-electron chi connectivity index (χ2n) is 12.3. The highest BCUT2D eigenvalue weighted by atomic mass is 16.4. The molecule has 0 N–H and O–H groups in total. The molecule has 3 aromatic heterocycles. The summed E-state index contributed by atoms with van der Waals surface area (Å²) in [4.78, 5) is 9.63. The van der Waals surface area contributed by atoms with E-state index in [2.05, 4.69) is 120 Å². The van der Waals surface area contributed by atoms with Gasteiger partial charge in [0.05, 0.1) is 11.0 Å². The van der Waals surface area contributed by atoms with E-state index in [4.69, 9.17) is 18.8 Å². The maximum Gasteiger partial charge on any atom is 0.227 e. The molecular formula is C44H27N3O2. The highest BCUT2D eigenvalue weighted by Crippen LogP contribution is 2.39. The van der Waals surface area contributed by atoms with Crippen LogP contribution < -0.4 is 0 Å². The zero-order chi connectivity index (χ0) is 32.3. The lowest BCUT2D eigenvalue weighted by molar-refractivity contribution is 0.619. The number of nitrogens with zero attached hydrogens (tertiary/aromatic N) is 3. The zero-order valence-electron chi connectivity index (χ0n) is 26.2. The molecule has 3 heterocycles. The van der Waals surface area contributed by atoms with E-state index >= 15 is 0 Å². The molecule has 0 aliphatic heterocycles. The van der Waals surface area contributed by atoms with Crippen molar-refractivity contribution in [2.75, 3.05) is 0 Å². The molecule has 0 aliphatic rings. The van der Waals surface area contributed by atoms with Crippen LogP contribution in [-0.2, 0) is 0 Å². The van der Waals surface area contributed by atoms with E-state index in [0.29, 0.717) is 11.8 Å². The summed E-state index contributed by atoms with van der Waals surface area (Å²) in [6.07, 6.45) is 0. The minimum absolute atomic E-state index is 0.594. The third kappa shape index (κ3) is 4.63. The van der Waals surface area contributed by atoms with Crippen LogP contribution in [-0.4, -0.2) is 14.5 Å². The third-order valence-electron chi connectivity index (χ3n) is 9.24. The van der Waals surface area contributed by atoms with Crippen molar-refractivity contribution in [3.05, 3.63) is 164 Å². The van der Waals surface area contributed by atoms with Crippen molar-refractivity contribution < 1.29 is 8.83 Å². The van der Waals surface area contributed by atoms with Crippen molar-refractivity contribution in [1.82, 2.24) is 14.5 Å². The van der Waals surface area contributed by atoms with Crippen LogP contribution in [0.5, 0.6) is 0 Å². The molecule has 0 saturated heterocycles. The Balaban J connectivity index is 1.24. The lowest BCUT2D eigenvalue weighted by atomic mass is 9.98. The lowest BCUT2D eigenvalue weighted by Crippen LogP contribution is -1.96. The van der Waals surface area contributed by atoms with Gasteiger partial charge in [0.15, 0.2) is 11.2 Å². The maximum absolute atomic E-state index is 6.22. The van der Waals surface area contributed by atoms with Crippen molar-refractivity contribution in [3.63, 3.8) is 0 Å². The van der Waals surface area contributed by atoms with E-state index in [0.717, 1.165) is 71.9 Å². The summed E-state index contributed by atoms with van der Waals surface area (Å²) in [5.74, 6) is 1.19. The number of para-hydroxylation sites is 4. The van der Waals surface area contributed by atoms with Gasteiger partial charge in [-0.05, 0) is 101 Å². The van der Waals surface area contributed by atoms with Crippen molar-refractivity contribution in [3.8, 4) is 50.8 Å². The number of rotatable bonds is 5. The molecule has 49 heavy (non-hydrogen) atoms. The molecule has 0 fully saturated rings. The van der Waals surface area contributed by atoms with Crippen LogP contribution in [0.2, 0.25) is 0 Å². The average molecular weight is 630 g/mol. The molecule has 0 amide bonds. The third-order valence-corrected chi connectivity index (χ3v) is 9.24. The van der Waals surface area contributed by atoms with Gasteiger partial charge in [0.1, 0.15) is 11.0 Å². The number of oxazole rings is 2. The van der Waals surface area contributed by atoms with Gasteiger partial charge in [0.25, 0.3) is 0 Å². The molecule has 0 radical (unpaired) electrons. The molecule has 7 aromatic carbocycles. The summed E-state index contributed by atoms with van der Waals surface area (Å²) in [5, 5.41) is 2.16. The van der Waals surface area contributed by atoms with Crippen molar-refractivity contribution in [1.29, 1.82) is 0 Å². The van der Waals surface area contributed by atoms with Crippen molar-refractivity contribution in [2.24, 2.45) is 0 Å². The predicted molar refractivity (Wildman–Crippen MR) is 198 cm³/mol. The van der Waals surface area contributed by atoms with Gasteiger partial charge in [-0.25, -0.2) is 9.97 Å². The van der Waals surface area contributed by atoms with E-state index in [9.17, 15) is 0 Å². The fraction of sp³-hybridized carbons (Fsp3) is 0. The van der Waals surface area contributed by atoms with Crippen molar-refractivity contribution >= 4 is 44.0 Å². The van der Waals surface area contributed by atoms with Crippen LogP contribution in [0.1, 0.15) is 0 Å². The Morgan fingerprint density at radius 1 is 0.367 bits per heavy atom. The van der Waals surface area contributed by atoms with Gasteiger partial charge in [-0.15, -0.1) is 0 Å². The normalized spacial score (nSPS) is 11.7. The van der Waals surface area contributed by atoms with Crippen LogP contribution in [0.15, 0.2) is 173 Å². The molecule has 0 bridgehead atoms. The number of aromatic nitrogens is 3. The molecule has 10 rings (SSSR count). The summed E-state index contributed by atoms with van der Waals surface area (Å²) < 4.78 is 14.8. The molecule has 5 nitrogen and oxygen atoms in total. The highest BCUT2D eigenvalue weighted by Gasteiger charge is 2.19. The Morgan fingerprint density at radius 2 is 0.816 bits per heavy atom. The Hall–Kier alpha value is -6.72. The largest absolute Gasteiger partial charge is 0.436 e. The van der Waals surface area contributed by atoms with Gasteiger partial charge in [-0.3, -0.25) is 0 Å². The first-order chi connectivity index (χ1) is 24.2. The summed E-state index contributed by atoms with van der Waals surface area (Å²) in [5.41, 5.74) is 12.9. The standard InChI is InChI=1S/C44H27N3O2/c1-3-11-28(12-4-1)32-23-33(29-13-5-2-6-14-29)25-34(24-32)47-39-21-19-30(43-45-37-15-7-9-17-41(37)48-43)26-35(39)36-27-31(20-22-40(36)47)44-46-38-16-8-10-18-42(38)49-44/h1-27H. The first-order valence-corrected chi connectivity index (χ1v) is 16.3. The Kier molecular flexibility index (Phi) is 6.11. The zero-order valence-corrected chi connectivity index (χ0v) is 26.2. The molecule has 0 spiro atoms. The number of hydrogen-bond donors (Lipinski definition) is 0. The Bertz CT molecular complexity index is 2570. The molecule has 10 aromatic rings. The average Bonchev–Trinajstić information content (AvgIpc) is 3.89. The topological polar surface area (TPSA) is 57.0 Å². The number of benzene rings is 7. The van der Waals surface area contributed by atoms with E-state index in [1.807, 2.05) is 48.5 Å². The van der Waals surface area contributed by atoms with Gasteiger partial charge in [-0.1, -0.05) is 84.9 Å². The smallest absolute Gasteiger partial charge is 0.227 e. The Labute approximate surface area is 281 Å². The summed E-state index contributed by atoms with van der Waals surface area (Å²) in [6.45, 7) is 0. The molecule has 0 atom stereocenters. The van der Waals surface area contributed by atoms with Crippen LogP contribution in [0, 0.1) is 0 Å². The summed E-state index contributed by atoms with van der Waals surface area (Å²) in [6, 6.07) is 56.6. The first kappa shape index (κ1) is 27.4. The SMILES string of the molecule is c1ccc(-c2cc(-c3ccccc3)cc(-n3c4ccc(-c5nc6ccccc6o5)cc4c4cc(-c5nc6ccccc6o5)ccc43)c2)cc1. The maximum atomic E-state index is 6.22. The summed E-state index contributed by atoms with van der Waals surface area (Å²) in [7, 11) is 0. The number of hydrogen-bond acceptors (Lipinski definition) is 4. The van der Waals surface area contributed by atoms with Gasteiger partial charge >= 0.3 is 0 Å². The molecular weight excluding hydrogens is 603 g/mol. The fourth-order valence-corrected chi connectivity index (χ4v) is 6.89. The van der Waals surface area contributed by atoms with Crippen LogP contribution in [0.4, 0.5) is 0 Å². The second-order valence-corrected chi connectivity index (χ2v) is 12.3. The second kappa shape index (κ2) is 10.9. The van der Waals surface area contributed by atoms with Crippen LogP contribution >= 0.6 is 0 Å². The highest BCUT2D eigenvalue weighted by molar-refractivity contribution is 6.11. The molecule has 230 valence electrons. The van der Waals surface area contributed by atoms with E-state index in [-0.39, 0.29) is 0 Å². The minimum atomic E-state index is 0.594. The molecule has 0 unspecified atom stereocenters. The van der Waals surface area contributed by atoms with Gasteiger partial charge < -0.3 is 13.4 Å². The number of fused-ring (bicyclic) bond motifs is 5. The lowest BCUT2D eigenvalue weighted by Gasteiger charge is -2.14. The monoisotopic (exact) mass is 629 g/mol. The quantitative estimate of drug-likeness (QED) is 0.190. The van der Waals surface area contributed by atoms with Gasteiger partial charge in [-0.2, -0.15) is 0 Å². The van der Waals surface area contributed by atoms with E-state index in [1.165, 1.54) is 11.1 Å². The Morgan fingerprint density at radius 3 is 1.29 bits per heavy atom. The molecule has 5 heteroatoms. The van der Waals surface area contributed by atoms with Crippen molar-refractivity contribution in [2.45, 2.75) is 0 Å². The minimum Gasteiger partial charge on any atom is -0.436 e. The van der Waals surface area contributed by atoms with Crippen LogP contribution in [0.25, 0.3) is 94.9 Å². The van der Waals surface area contributed by atoms with E-state index < -0.39 is 0 Å². The van der Waals surface area contributed by atoms with Gasteiger partial charge in [0.2, 0.25) is 11.8 Å². The molecule has 0 saturated carbocycles. The summed E-state index contributed by atoms with van der Waals surface area (Å²) >= 11 is 0. The first-order valence-electron chi connectivity index (χ1n) is 16.3. The van der Waals surface area contributed by atoms with Gasteiger partial charge in [0, 0.05) is 27.6 Å². The predicted octanol–water partition coefficient (Wildman–Crippen LogP) is 11.7.